The molecule has 7 heteroatoms. The molecule has 1 aliphatic carbocycles. The zero-order valence-corrected chi connectivity index (χ0v) is 17.9. The Hall–Kier alpha value is -1.22. The second-order valence-corrected chi connectivity index (χ2v) is 6.27. The zero-order valence-electron chi connectivity index (χ0n) is 15.6. The fourth-order valence-electron chi connectivity index (χ4n) is 2.68. The summed E-state index contributed by atoms with van der Waals surface area (Å²) in [5, 5.41) is 6.70. The summed E-state index contributed by atoms with van der Waals surface area (Å²) in [6, 6.07) is 8.16. The molecular formula is C18H31IN4O2. The first-order valence-electron chi connectivity index (χ1n) is 8.52. The fourth-order valence-corrected chi connectivity index (χ4v) is 2.68. The molecule has 0 saturated heterocycles. The number of halogens is 1. The van der Waals surface area contributed by atoms with Gasteiger partial charge in [0.2, 0.25) is 0 Å². The molecule has 2 rings (SSSR count). The van der Waals surface area contributed by atoms with Crippen molar-refractivity contribution in [2.45, 2.75) is 18.9 Å². The highest BCUT2D eigenvalue weighted by Gasteiger charge is 2.32. The van der Waals surface area contributed by atoms with E-state index < -0.39 is 0 Å². The first-order chi connectivity index (χ1) is 11.6. The predicted molar refractivity (Wildman–Crippen MR) is 113 cm³/mol. The second-order valence-electron chi connectivity index (χ2n) is 6.27. The van der Waals surface area contributed by atoms with Crippen LogP contribution in [0.3, 0.4) is 0 Å². The highest BCUT2D eigenvalue weighted by Crippen LogP contribution is 2.34. The van der Waals surface area contributed by atoms with Crippen LogP contribution in [0.5, 0.6) is 11.5 Å². The molecule has 0 spiro atoms. The van der Waals surface area contributed by atoms with Gasteiger partial charge in [-0.15, -0.1) is 24.0 Å². The zero-order chi connectivity index (χ0) is 17.4. The van der Waals surface area contributed by atoms with Gasteiger partial charge in [0.15, 0.2) is 5.96 Å². The van der Waals surface area contributed by atoms with E-state index in [9.17, 15) is 0 Å². The lowest BCUT2D eigenvalue weighted by Crippen LogP contribution is -2.46. The number of nitrogens with one attached hydrogen (secondary N) is 2. The van der Waals surface area contributed by atoms with Crippen LogP contribution in [-0.2, 0) is 0 Å². The largest absolute Gasteiger partial charge is 0.497 e. The van der Waals surface area contributed by atoms with Crippen molar-refractivity contribution < 1.29 is 9.47 Å². The third-order valence-electron chi connectivity index (χ3n) is 4.25. The van der Waals surface area contributed by atoms with E-state index in [2.05, 4.69) is 34.6 Å². The van der Waals surface area contributed by atoms with Crippen molar-refractivity contribution in [2.75, 3.05) is 47.9 Å². The van der Waals surface area contributed by atoms with Crippen molar-refractivity contribution >= 4 is 29.9 Å². The number of nitrogens with zero attached hydrogens (tertiary/aromatic N) is 2. The highest BCUT2D eigenvalue weighted by atomic mass is 127. The standard InChI is InChI=1S/C18H30N4O2.HI/c1-19-18(21-13-17(22(2)3)14-5-6-14)20-11-12-24-16-9-7-15(23-4)8-10-16;/h7-10,14,17H,5-6,11-13H2,1-4H3,(H2,19,20,21);1H. The maximum atomic E-state index is 5.70. The number of guanidine groups is 1. The lowest BCUT2D eigenvalue weighted by molar-refractivity contribution is 0.263. The minimum absolute atomic E-state index is 0. The lowest BCUT2D eigenvalue weighted by atomic mass is 10.1. The molecule has 2 N–H and O–H groups in total. The van der Waals surface area contributed by atoms with Gasteiger partial charge < -0.3 is 25.0 Å². The first kappa shape index (κ1) is 21.8. The molecule has 1 aliphatic rings. The molecule has 0 aromatic heterocycles. The first-order valence-corrected chi connectivity index (χ1v) is 8.52. The number of rotatable bonds is 9. The molecule has 6 nitrogen and oxygen atoms in total. The van der Waals surface area contributed by atoms with Crippen LogP contribution in [0.15, 0.2) is 29.3 Å². The Morgan fingerprint density at radius 2 is 1.84 bits per heavy atom. The van der Waals surface area contributed by atoms with E-state index in [0.717, 1.165) is 29.9 Å². The molecule has 1 saturated carbocycles. The Balaban J connectivity index is 0.00000312. The minimum Gasteiger partial charge on any atom is -0.497 e. The molecule has 1 fully saturated rings. The van der Waals surface area contributed by atoms with Crippen LogP contribution >= 0.6 is 24.0 Å². The highest BCUT2D eigenvalue weighted by molar-refractivity contribution is 14.0. The Morgan fingerprint density at radius 3 is 2.36 bits per heavy atom. The van der Waals surface area contributed by atoms with E-state index in [1.807, 2.05) is 24.3 Å². The summed E-state index contributed by atoms with van der Waals surface area (Å²) in [7, 11) is 7.73. The van der Waals surface area contributed by atoms with E-state index >= 15 is 0 Å². The monoisotopic (exact) mass is 462 g/mol. The summed E-state index contributed by atoms with van der Waals surface area (Å²) in [5.41, 5.74) is 0. The molecule has 0 heterocycles. The Bertz CT molecular complexity index is 516. The van der Waals surface area contributed by atoms with Gasteiger partial charge in [-0.25, -0.2) is 0 Å². The van der Waals surface area contributed by atoms with Crippen LogP contribution in [0, 0.1) is 5.92 Å². The van der Waals surface area contributed by atoms with Crippen molar-refractivity contribution in [1.82, 2.24) is 15.5 Å². The summed E-state index contributed by atoms with van der Waals surface area (Å²) in [6.07, 6.45) is 2.68. The molecule has 142 valence electrons. The number of aliphatic imine (C=N–C) groups is 1. The van der Waals surface area contributed by atoms with Crippen LogP contribution in [0.4, 0.5) is 0 Å². The number of likely N-dealkylation sites (N-methyl/N-ethyl adjacent to an activating group) is 1. The van der Waals surface area contributed by atoms with Gasteiger partial charge in [0.1, 0.15) is 18.1 Å². The van der Waals surface area contributed by atoms with Gasteiger partial charge >= 0.3 is 0 Å². The lowest BCUT2D eigenvalue weighted by Gasteiger charge is -2.25. The van der Waals surface area contributed by atoms with Gasteiger partial charge in [-0.3, -0.25) is 4.99 Å². The number of hydrogen-bond donors (Lipinski definition) is 2. The molecule has 1 aromatic carbocycles. The van der Waals surface area contributed by atoms with Crippen LogP contribution in [0.25, 0.3) is 0 Å². The van der Waals surface area contributed by atoms with Crippen molar-refractivity contribution in [3.05, 3.63) is 24.3 Å². The third-order valence-corrected chi connectivity index (χ3v) is 4.25. The molecule has 0 aliphatic heterocycles. The number of methoxy groups -OCH3 is 1. The second kappa shape index (κ2) is 11.4. The Morgan fingerprint density at radius 1 is 1.20 bits per heavy atom. The van der Waals surface area contributed by atoms with Crippen molar-refractivity contribution in [1.29, 1.82) is 0 Å². The topological polar surface area (TPSA) is 58.1 Å². The maximum Gasteiger partial charge on any atom is 0.191 e. The summed E-state index contributed by atoms with van der Waals surface area (Å²) in [4.78, 5) is 6.57. The Labute approximate surface area is 168 Å². The number of ether oxygens (including phenoxy) is 2. The smallest absolute Gasteiger partial charge is 0.191 e. The SMILES string of the molecule is CN=C(NCCOc1ccc(OC)cc1)NCC(C1CC1)N(C)C.I. The summed E-state index contributed by atoms with van der Waals surface area (Å²) >= 11 is 0. The van der Waals surface area contributed by atoms with E-state index in [1.165, 1.54) is 12.8 Å². The van der Waals surface area contributed by atoms with E-state index in [1.54, 1.807) is 14.2 Å². The van der Waals surface area contributed by atoms with Crippen LogP contribution < -0.4 is 20.1 Å². The van der Waals surface area contributed by atoms with Gasteiger partial charge in [-0.05, 0) is 57.1 Å². The van der Waals surface area contributed by atoms with Gasteiger partial charge in [0.25, 0.3) is 0 Å². The molecule has 0 amide bonds. The average molecular weight is 462 g/mol. The Kier molecular flexibility index (Phi) is 9.96. The molecule has 25 heavy (non-hydrogen) atoms. The van der Waals surface area contributed by atoms with E-state index in [-0.39, 0.29) is 24.0 Å². The molecule has 1 atom stereocenters. The summed E-state index contributed by atoms with van der Waals surface area (Å²) in [6.45, 7) is 2.19. The fraction of sp³-hybridized carbons (Fsp3) is 0.611. The van der Waals surface area contributed by atoms with E-state index in [0.29, 0.717) is 19.2 Å². The van der Waals surface area contributed by atoms with Crippen molar-refractivity contribution in [3.8, 4) is 11.5 Å². The molecule has 1 unspecified atom stereocenters. The molecule has 1 aromatic rings. The third kappa shape index (κ3) is 7.68. The summed E-state index contributed by atoms with van der Waals surface area (Å²) < 4.78 is 10.8. The van der Waals surface area contributed by atoms with Crippen LogP contribution in [-0.4, -0.2) is 64.9 Å². The summed E-state index contributed by atoms with van der Waals surface area (Å²) in [5.74, 6) is 3.31. The van der Waals surface area contributed by atoms with Crippen molar-refractivity contribution in [2.24, 2.45) is 10.9 Å². The average Bonchev–Trinajstić information content (AvgIpc) is 3.42. The van der Waals surface area contributed by atoms with Gasteiger partial charge in [0, 0.05) is 19.6 Å². The maximum absolute atomic E-state index is 5.70. The molecular weight excluding hydrogens is 431 g/mol. The number of benzene rings is 1. The quantitative estimate of drug-likeness (QED) is 0.255. The van der Waals surface area contributed by atoms with Gasteiger partial charge in [-0.1, -0.05) is 0 Å². The normalized spacial score (nSPS) is 15.3. The van der Waals surface area contributed by atoms with Crippen molar-refractivity contribution in [3.63, 3.8) is 0 Å². The van der Waals surface area contributed by atoms with E-state index in [4.69, 9.17) is 9.47 Å². The van der Waals surface area contributed by atoms with Gasteiger partial charge in [0.05, 0.1) is 13.7 Å². The predicted octanol–water partition coefficient (Wildman–Crippen LogP) is 2.20. The number of hydrogen-bond acceptors (Lipinski definition) is 4. The van der Waals surface area contributed by atoms with Gasteiger partial charge in [-0.2, -0.15) is 0 Å². The van der Waals surface area contributed by atoms with Crippen LogP contribution in [0.2, 0.25) is 0 Å². The minimum atomic E-state index is 0. The van der Waals surface area contributed by atoms with Crippen LogP contribution in [0.1, 0.15) is 12.8 Å². The molecule has 0 bridgehead atoms. The molecule has 0 radical (unpaired) electrons.